The number of ether oxygens (including phenoxy) is 1. The summed E-state index contributed by atoms with van der Waals surface area (Å²) in [6.07, 6.45) is 7.76. The van der Waals surface area contributed by atoms with E-state index in [4.69, 9.17) is 10.5 Å². The molecule has 0 bridgehead atoms. The maximum Gasteiger partial charge on any atom is 0.287 e. The summed E-state index contributed by atoms with van der Waals surface area (Å²) in [5.41, 5.74) is 6.78. The van der Waals surface area contributed by atoms with Crippen LogP contribution in [0.25, 0.3) is 0 Å². The Bertz CT molecular complexity index is 667. The number of amides is 1. The van der Waals surface area contributed by atoms with E-state index in [0.717, 1.165) is 11.8 Å². The van der Waals surface area contributed by atoms with E-state index < -0.39 is 11.0 Å². The summed E-state index contributed by atoms with van der Waals surface area (Å²) in [5.74, 6) is 0.212. The van der Waals surface area contributed by atoms with Crippen LogP contribution in [0, 0.1) is 10.1 Å². The zero-order valence-electron chi connectivity index (χ0n) is 13.6. The van der Waals surface area contributed by atoms with E-state index in [9.17, 15) is 14.9 Å². The smallest absolute Gasteiger partial charge is 0.287 e. The van der Waals surface area contributed by atoms with Crippen molar-refractivity contribution in [2.45, 2.75) is 25.0 Å². The molecule has 1 heterocycles. The Morgan fingerprint density at radius 2 is 2.29 bits per heavy atom. The zero-order chi connectivity index (χ0) is 17.7. The van der Waals surface area contributed by atoms with Crippen LogP contribution < -0.4 is 10.5 Å². The van der Waals surface area contributed by atoms with Gasteiger partial charge in [-0.25, -0.2) is 4.98 Å². The number of hydrogen-bond donors (Lipinski definition) is 1. The van der Waals surface area contributed by atoms with Crippen LogP contribution in [-0.4, -0.2) is 47.0 Å². The van der Waals surface area contributed by atoms with Gasteiger partial charge in [-0.15, -0.1) is 0 Å². The number of carbonyl (C=O) groups is 1. The molecule has 2 N–H and O–H groups in total. The molecule has 1 aromatic rings. The topological polar surface area (TPSA) is 112 Å². The second kappa shape index (κ2) is 7.69. The highest BCUT2D eigenvalue weighted by atomic mass is 16.6. The summed E-state index contributed by atoms with van der Waals surface area (Å²) in [4.78, 5) is 27.2. The van der Waals surface area contributed by atoms with E-state index in [2.05, 4.69) is 4.98 Å². The Morgan fingerprint density at radius 3 is 2.79 bits per heavy atom. The normalized spacial score (nSPS) is 17.8. The van der Waals surface area contributed by atoms with Gasteiger partial charge in [0.25, 0.3) is 5.69 Å². The van der Waals surface area contributed by atoms with Crippen molar-refractivity contribution in [3.63, 3.8) is 0 Å². The largest absolute Gasteiger partial charge is 0.470 e. The van der Waals surface area contributed by atoms with Gasteiger partial charge in [-0.2, -0.15) is 0 Å². The predicted molar refractivity (Wildman–Crippen MR) is 88.4 cm³/mol. The number of pyridine rings is 1. The molecule has 2 unspecified atom stereocenters. The molecule has 24 heavy (non-hydrogen) atoms. The van der Waals surface area contributed by atoms with E-state index in [1.54, 1.807) is 14.1 Å². The molecule has 1 aromatic heterocycles. The van der Waals surface area contributed by atoms with Crippen molar-refractivity contribution in [1.82, 2.24) is 9.88 Å². The SMILES string of the molecule is CN(C)C(=O)C(N)CC1=CCC(Oc2ccc([N+](=O)[O-])cn2)C=C1. The van der Waals surface area contributed by atoms with Crippen molar-refractivity contribution in [1.29, 1.82) is 0 Å². The van der Waals surface area contributed by atoms with Gasteiger partial charge < -0.3 is 15.4 Å². The van der Waals surface area contributed by atoms with Crippen LogP contribution in [0.1, 0.15) is 12.8 Å². The van der Waals surface area contributed by atoms with Gasteiger partial charge in [-0.05, 0) is 18.1 Å². The van der Waals surface area contributed by atoms with Crippen molar-refractivity contribution in [2.24, 2.45) is 5.73 Å². The quantitative estimate of drug-likeness (QED) is 0.623. The summed E-state index contributed by atoms with van der Waals surface area (Å²) in [6, 6.07) is 2.25. The third-order valence-electron chi connectivity index (χ3n) is 3.55. The zero-order valence-corrected chi connectivity index (χ0v) is 13.6. The number of carbonyl (C=O) groups excluding carboxylic acids is 1. The van der Waals surface area contributed by atoms with Crippen LogP contribution in [0.3, 0.4) is 0 Å². The van der Waals surface area contributed by atoms with Gasteiger partial charge in [0.15, 0.2) is 0 Å². The van der Waals surface area contributed by atoms with E-state index >= 15 is 0 Å². The first kappa shape index (κ1) is 17.6. The highest BCUT2D eigenvalue weighted by Crippen LogP contribution is 2.20. The molecule has 8 heteroatoms. The van der Waals surface area contributed by atoms with Crippen molar-refractivity contribution < 1.29 is 14.5 Å². The van der Waals surface area contributed by atoms with Crippen LogP contribution in [0.2, 0.25) is 0 Å². The highest BCUT2D eigenvalue weighted by Gasteiger charge is 2.18. The fraction of sp³-hybridized carbons (Fsp3) is 0.375. The minimum absolute atomic E-state index is 0.0803. The highest BCUT2D eigenvalue weighted by molar-refractivity contribution is 5.81. The minimum Gasteiger partial charge on any atom is -0.470 e. The van der Waals surface area contributed by atoms with E-state index in [1.165, 1.54) is 17.0 Å². The first-order chi connectivity index (χ1) is 11.4. The van der Waals surface area contributed by atoms with Crippen molar-refractivity contribution in [2.75, 3.05) is 14.1 Å². The lowest BCUT2D eigenvalue weighted by atomic mass is 9.98. The van der Waals surface area contributed by atoms with Crippen LogP contribution in [0.15, 0.2) is 42.1 Å². The molecular formula is C16H20N4O4. The number of likely N-dealkylation sites (N-methyl/N-ethyl adjacent to an activating group) is 1. The van der Waals surface area contributed by atoms with Gasteiger partial charge in [0, 0.05) is 32.6 Å². The summed E-state index contributed by atoms with van der Waals surface area (Å²) < 4.78 is 5.66. The standard InChI is InChI=1S/C16H20N4O4/c1-19(2)16(21)14(17)9-11-3-6-13(7-4-11)24-15-8-5-12(10-18-15)20(22)23/h3-6,8,10,13-14H,7,9,17H2,1-2H3. The monoisotopic (exact) mass is 332 g/mol. The summed E-state index contributed by atoms with van der Waals surface area (Å²) in [6.45, 7) is 0. The Kier molecular flexibility index (Phi) is 5.64. The summed E-state index contributed by atoms with van der Waals surface area (Å²) in [7, 11) is 3.35. The molecule has 8 nitrogen and oxygen atoms in total. The molecular weight excluding hydrogens is 312 g/mol. The number of aromatic nitrogens is 1. The Hall–Kier alpha value is -2.74. The third-order valence-corrected chi connectivity index (χ3v) is 3.55. The number of hydrogen-bond acceptors (Lipinski definition) is 6. The van der Waals surface area contributed by atoms with Gasteiger partial charge in [-0.3, -0.25) is 14.9 Å². The van der Waals surface area contributed by atoms with Gasteiger partial charge >= 0.3 is 0 Å². The van der Waals surface area contributed by atoms with Gasteiger partial charge in [0.1, 0.15) is 12.3 Å². The van der Waals surface area contributed by atoms with E-state index in [0.29, 0.717) is 18.7 Å². The molecule has 0 fully saturated rings. The molecule has 1 aliphatic carbocycles. The summed E-state index contributed by atoms with van der Waals surface area (Å²) in [5, 5.41) is 10.6. The van der Waals surface area contributed by atoms with Crippen molar-refractivity contribution in [3.8, 4) is 5.88 Å². The molecule has 2 atom stereocenters. The number of nitro groups is 1. The van der Waals surface area contributed by atoms with Crippen LogP contribution in [0.4, 0.5) is 5.69 Å². The molecule has 2 rings (SSSR count). The van der Waals surface area contributed by atoms with Crippen molar-refractivity contribution >= 4 is 11.6 Å². The number of nitrogens with two attached hydrogens (primary N) is 1. The molecule has 128 valence electrons. The lowest BCUT2D eigenvalue weighted by Crippen LogP contribution is -2.40. The van der Waals surface area contributed by atoms with E-state index in [-0.39, 0.29) is 17.7 Å². The molecule has 1 amide bonds. The molecule has 0 aliphatic heterocycles. The number of rotatable bonds is 6. The van der Waals surface area contributed by atoms with Gasteiger partial charge in [-0.1, -0.05) is 12.2 Å². The number of nitrogens with zero attached hydrogens (tertiary/aromatic N) is 3. The third kappa shape index (κ3) is 4.63. The van der Waals surface area contributed by atoms with Crippen LogP contribution in [0.5, 0.6) is 5.88 Å². The molecule has 0 spiro atoms. The first-order valence-corrected chi connectivity index (χ1v) is 7.48. The second-order valence-corrected chi connectivity index (χ2v) is 5.69. The molecule has 0 saturated heterocycles. The average Bonchev–Trinajstić information content (AvgIpc) is 2.56. The second-order valence-electron chi connectivity index (χ2n) is 5.69. The summed E-state index contributed by atoms with van der Waals surface area (Å²) >= 11 is 0. The van der Waals surface area contributed by atoms with Crippen LogP contribution in [-0.2, 0) is 4.79 Å². The number of allylic oxidation sites excluding steroid dienone is 1. The fourth-order valence-electron chi connectivity index (χ4n) is 2.26. The lowest BCUT2D eigenvalue weighted by Gasteiger charge is -2.20. The van der Waals surface area contributed by atoms with Crippen molar-refractivity contribution in [3.05, 3.63) is 52.2 Å². The maximum absolute atomic E-state index is 11.8. The lowest BCUT2D eigenvalue weighted by molar-refractivity contribution is -0.385. The van der Waals surface area contributed by atoms with Crippen LogP contribution >= 0.6 is 0 Å². The fourth-order valence-corrected chi connectivity index (χ4v) is 2.26. The molecule has 1 aliphatic rings. The molecule has 0 saturated carbocycles. The Balaban J connectivity index is 1.88. The average molecular weight is 332 g/mol. The minimum atomic E-state index is -0.565. The van der Waals surface area contributed by atoms with Gasteiger partial charge in [0.05, 0.1) is 11.0 Å². The molecule has 0 radical (unpaired) electrons. The Morgan fingerprint density at radius 1 is 1.54 bits per heavy atom. The predicted octanol–water partition coefficient (Wildman–Crippen LogP) is 1.43. The van der Waals surface area contributed by atoms with E-state index in [1.807, 2.05) is 18.2 Å². The Labute approximate surface area is 139 Å². The first-order valence-electron chi connectivity index (χ1n) is 7.48. The molecule has 0 aromatic carbocycles. The maximum atomic E-state index is 11.8. The van der Waals surface area contributed by atoms with Gasteiger partial charge in [0.2, 0.25) is 11.8 Å².